The number of urea groups is 1. The molecule has 2 amide bonds. The molecule has 1 heterocycles. The number of nitrogens with one attached hydrogen (secondary N) is 2. The van der Waals surface area contributed by atoms with E-state index in [1.807, 2.05) is 0 Å². The van der Waals surface area contributed by atoms with Crippen molar-refractivity contribution in [3.8, 4) is 5.75 Å². The van der Waals surface area contributed by atoms with Crippen molar-refractivity contribution in [1.82, 2.24) is 10.2 Å². The van der Waals surface area contributed by atoms with Gasteiger partial charge in [0.15, 0.2) is 0 Å². The number of carboxylic acid groups (broad SMARTS) is 1. The van der Waals surface area contributed by atoms with Crippen molar-refractivity contribution in [2.45, 2.75) is 0 Å². The monoisotopic (exact) mass is 294 g/mol. The predicted molar refractivity (Wildman–Crippen MR) is 72.5 cm³/mol. The third kappa shape index (κ3) is 3.20. The fourth-order valence-corrected chi connectivity index (χ4v) is 1.87. The van der Waals surface area contributed by atoms with Crippen molar-refractivity contribution >= 4 is 34.2 Å². The smallest absolute Gasteiger partial charge is 0.339 e. The molecule has 0 aliphatic carbocycles. The van der Waals surface area contributed by atoms with Crippen molar-refractivity contribution in [3.05, 3.63) is 29.3 Å². The SMILES string of the molecule is COc1cc(NC(=O)Nc2nncs2)ccc1C(=O)O. The van der Waals surface area contributed by atoms with E-state index in [4.69, 9.17) is 9.84 Å². The number of hydrogen-bond donors (Lipinski definition) is 3. The van der Waals surface area contributed by atoms with E-state index in [9.17, 15) is 9.59 Å². The number of ether oxygens (including phenoxy) is 1. The highest BCUT2D eigenvalue weighted by molar-refractivity contribution is 7.13. The zero-order chi connectivity index (χ0) is 14.5. The number of rotatable bonds is 4. The van der Waals surface area contributed by atoms with E-state index in [0.29, 0.717) is 10.8 Å². The summed E-state index contributed by atoms with van der Waals surface area (Å²) in [5.74, 6) is -0.946. The molecule has 20 heavy (non-hydrogen) atoms. The summed E-state index contributed by atoms with van der Waals surface area (Å²) in [7, 11) is 1.35. The summed E-state index contributed by atoms with van der Waals surface area (Å²) in [5, 5.41) is 21.6. The minimum Gasteiger partial charge on any atom is -0.496 e. The first-order valence-corrected chi connectivity index (χ1v) is 6.23. The molecule has 0 bridgehead atoms. The maximum absolute atomic E-state index is 11.7. The summed E-state index contributed by atoms with van der Waals surface area (Å²) < 4.78 is 4.96. The van der Waals surface area contributed by atoms with Crippen molar-refractivity contribution in [3.63, 3.8) is 0 Å². The Bertz CT molecular complexity index is 629. The largest absolute Gasteiger partial charge is 0.496 e. The van der Waals surface area contributed by atoms with Crippen LogP contribution < -0.4 is 15.4 Å². The van der Waals surface area contributed by atoms with Gasteiger partial charge < -0.3 is 15.2 Å². The summed E-state index contributed by atoms with van der Waals surface area (Å²) >= 11 is 1.18. The molecule has 0 saturated carbocycles. The van der Waals surface area contributed by atoms with Crippen LogP contribution in [0.4, 0.5) is 15.6 Å². The fourth-order valence-electron chi connectivity index (χ4n) is 1.43. The first-order chi connectivity index (χ1) is 9.60. The number of amides is 2. The molecule has 0 radical (unpaired) electrons. The lowest BCUT2D eigenvalue weighted by Gasteiger charge is -2.09. The number of carboxylic acids is 1. The number of methoxy groups -OCH3 is 1. The van der Waals surface area contributed by atoms with Gasteiger partial charge >= 0.3 is 12.0 Å². The lowest BCUT2D eigenvalue weighted by Crippen LogP contribution is -2.19. The van der Waals surface area contributed by atoms with Gasteiger partial charge in [-0.05, 0) is 12.1 Å². The van der Waals surface area contributed by atoms with E-state index < -0.39 is 12.0 Å². The van der Waals surface area contributed by atoms with Gasteiger partial charge in [0.1, 0.15) is 16.8 Å². The normalized spacial score (nSPS) is 9.85. The highest BCUT2D eigenvalue weighted by atomic mass is 32.1. The average molecular weight is 294 g/mol. The van der Waals surface area contributed by atoms with Gasteiger partial charge in [-0.3, -0.25) is 5.32 Å². The number of carbonyl (C=O) groups is 2. The van der Waals surface area contributed by atoms with Gasteiger partial charge in [0, 0.05) is 11.8 Å². The van der Waals surface area contributed by atoms with Crippen LogP contribution in [-0.2, 0) is 0 Å². The molecule has 0 unspecified atom stereocenters. The second-order valence-corrected chi connectivity index (χ2v) is 4.38. The van der Waals surface area contributed by atoms with E-state index in [2.05, 4.69) is 20.8 Å². The maximum Gasteiger partial charge on any atom is 0.339 e. The molecule has 0 aliphatic rings. The van der Waals surface area contributed by atoms with Crippen LogP contribution in [0.3, 0.4) is 0 Å². The first-order valence-electron chi connectivity index (χ1n) is 5.35. The van der Waals surface area contributed by atoms with Crippen molar-refractivity contribution < 1.29 is 19.4 Å². The topological polar surface area (TPSA) is 113 Å². The summed E-state index contributed by atoms with van der Waals surface area (Å²) in [6.45, 7) is 0. The van der Waals surface area contributed by atoms with Gasteiger partial charge in [-0.2, -0.15) is 0 Å². The van der Waals surface area contributed by atoms with Crippen molar-refractivity contribution in [2.24, 2.45) is 0 Å². The minimum atomic E-state index is -1.10. The Morgan fingerprint density at radius 2 is 2.15 bits per heavy atom. The van der Waals surface area contributed by atoms with E-state index >= 15 is 0 Å². The van der Waals surface area contributed by atoms with E-state index in [0.717, 1.165) is 0 Å². The Morgan fingerprint density at radius 3 is 2.75 bits per heavy atom. The standard InChI is InChI=1S/C11H10N4O4S/c1-19-8-4-6(2-3-7(8)9(16)17)13-10(18)14-11-15-12-5-20-11/h2-5H,1H3,(H,16,17)(H2,13,14,15,18). The van der Waals surface area contributed by atoms with Gasteiger partial charge in [-0.25, -0.2) is 9.59 Å². The van der Waals surface area contributed by atoms with Crippen molar-refractivity contribution in [2.75, 3.05) is 17.7 Å². The molecular weight excluding hydrogens is 284 g/mol. The van der Waals surface area contributed by atoms with Crippen LogP contribution in [0.5, 0.6) is 5.75 Å². The van der Waals surface area contributed by atoms with Gasteiger partial charge in [0.2, 0.25) is 5.13 Å². The maximum atomic E-state index is 11.7. The number of anilines is 2. The lowest BCUT2D eigenvalue weighted by atomic mass is 10.2. The fraction of sp³-hybridized carbons (Fsp3) is 0.0909. The summed E-state index contributed by atoms with van der Waals surface area (Å²) in [4.78, 5) is 22.6. The highest BCUT2D eigenvalue weighted by Crippen LogP contribution is 2.23. The molecule has 1 aromatic heterocycles. The van der Waals surface area contributed by atoms with Crippen LogP contribution in [0.1, 0.15) is 10.4 Å². The number of nitrogens with zero attached hydrogens (tertiary/aromatic N) is 2. The minimum absolute atomic E-state index is 0.0163. The Hall–Kier alpha value is -2.68. The van der Waals surface area contributed by atoms with E-state index in [1.165, 1.54) is 42.2 Å². The second-order valence-electron chi connectivity index (χ2n) is 3.54. The summed E-state index contributed by atoms with van der Waals surface area (Å²) in [5.41, 5.74) is 1.90. The molecule has 0 fully saturated rings. The molecule has 2 rings (SSSR count). The first kappa shape index (κ1) is 13.7. The molecular formula is C11H10N4O4S. The molecule has 9 heteroatoms. The zero-order valence-electron chi connectivity index (χ0n) is 10.3. The van der Waals surface area contributed by atoms with Gasteiger partial charge in [0.25, 0.3) is 0 Å². The molecule has 0 saturated heterocycles. The molecule has 3 N–H and O–H groups in total. The summed E-state index contributed by atoms with van der Waals surface area (Å²) in [6.07, 6.45) is 0. The molecule has 0 aliphatic heterocycles. The summed E-state index contributed by atoms with van der Waals surface area (Å²) in [6, 6.07) is 3.73. The predicted octanol–water partition coefficient (Wildman–Crippen LogP) is 1.89. The Balaban J connectivity index is 2.09. The number of benzene rings is 1. The Kier molecular flexibility index (Phi) is 4.11. The van der Waals surface area contributed by atoms with Crippen LogP contribution in [0.2, 0.25) is 0 Å². The molecule has 2 aromatic rings. The number of hydrogen-bond acceptors (Lipinski definition) is 6. The van der Waals surface area contributed by atoms with Crippen LogP contribution in [0.25, 0.3) is 0 Å². The molecule has 0 spiro atoms. The Morgan fingerprint density at radius 1 is 1.35 bits per heavy atom. The van der Waals surface area contributed by atoms with Crippen LogP contribution in [0, 0.1) is 0 Å². The van der Waals surface area contributed by atoms with Crippen LogP contribution in [-0.4, -0.2) is 34.4 Å². The highest BCUT2D eigenvalue weighted by Gasteiger charge is 2.12. The molecule has 8 nitrogen and oxygen atoms in total. The third-order valence-corrected chi connectivity index (χ3v) is 2.88. The molecule has 1 aromatic carbocycles. The van der Waals surface area contributed by atoms with E-state index in [1.54, 1.807) is 0 Å². The Labute approximate surface area is 117 Å². The lowest BCUT2D eigenvalue weighted by molar-refractivity contribution is 0.0693. The quantitative estimate of drug-likeness (QED) is 0.793. The number of carbonyl (C=O) groups excluding carboxylic acids is 1. The number of aromatic carboxylic acids is 1. The van der Waals surface area contributed by atoms with Crippen LogP contribution in [0.15, 0.2) is 23.7 Å². The zero-order valence-corrected chi connectivity index (χ0v) is 11.1. The second kappa shape index (κ2) is 5.97. The van der Waals surface area contributed by atoms with Gasteiger partial charge in [0.05, 0.1) is 7.11 Å². The van der Waals surface area contributed by atoms with Crippen LogP contribution >= 0.6 is 11.3 Å². The molecule has 104 valence electrons. The average Bonchev–Trinajstić information content (AvgIpc) is 2.90. The molecule has 0 atom stereocenters. The van der Waals surface area contributed by atoms with Gasteiger partial charge in [-0.15, -0.1) is 10.2 Å². The number of aromatic nitrogens is 2. The van der Waals surface area contributed by atoms with Crippen molar-refractivity contribution in [1.29, 1.82) is 0 Å². The van der Waals surface area contributed by atoms with Gasteiger partial charge in [-0.1, -0.05) is 11.3 Å². The third-order valence-electron chi connectivity index (χ3n) is 2.27. The van der Waals surface area contributed by atoms with E-state index in [-0.39, 0.29) is 11.3 Å².